The number of anilines is 4. The second kappa shape index (κ2) is 11.3. The number of nitrogens with zero attached hydrogens (tertiary/aromatic N) is 5. The maximum atomic E-state index is 12.9. The van der Waals surface area contributed by atoms with Crippen molar-refractivity contribution in [1.29, 1.82) is 0 Å². The standard InChI is InChI=1S/C27H39N7O3/c1-7-33-12-11-20(16-33)29-25(35)19-8-9-21(23(14-19)37-6)30-27-28-15-22-24(31-27)34(13-10-17(2)3)18(4)26(36)32(22)5/h8-9,14-15,17-18,20H,7,10-13,16H2,1-6H3,(H,29,35)(H,28,30,31)/t18-,20-/m1/s1. The molecule has 0 unspecified atom stereocenters. The third-order valence-corrected chi connectivity index (χ3v) is 7.25. The van der Waals surface area contributed by atoms with Gasteiger partial charge in [0.2, 0.25) is 11.9 Å². The predicted molar refractivity (Wildman–Crippen MR) is 146 cm³/mol. The molecule has 4 rings (SSSR count). The SMILES string of the molecule is CCN1CC[C@@H](NC(=O)c2ccc(Nc3ncc4c(n3)N(CCC(C)C)[C@H](C)C(=O)N4C)c(OC)c2)C1. The summed E-state index contributed by atoms with van der Waals surface area (Å²) >= 11 is 0. The molecule has 2 atom stereocenters. The van der Waals surface area contributed by atoms with Crippen LogP contribution in [0.25, 0.3) is 0 Å². The van der Waals surface area contributed by atoms with Crippen molar-refractivity contribution < 1.29 is 14.3 Å². The van der Waals surface area contributed by atoms with Gasteiger partial charge in [-0.05, 0) is 50.4 Å². The topological polar surface area (TPSA) is 103 Å². The first-order chi connectivity index (χ1) is 17.7. The van der Waals surface area contributed by atoms with Gasteiger partial charge in [0.25, 0.3) is 5.91 Å². The van der Waals surface area contributed by atoms with Crippen molar-refractivity contribution in [3.8, 4) is 5.75 Å². The fourth-order valence-electron chi connectivity index (χ4n) is 4.85. The Labute approximate surface area is 219 Å². The lowest BCUT2D eigenvalue weighted by atomic mass is 10.1. The van der Waals surface area contributed by atoms with Crippen molar-refractivity contribution in [2.45, 2.75) is 52.6 Å². The zero-order chi connectivity index (χ0) is 26.7. The number of amides is 2. The molecule has 200 valence electrons. The normalized spacial score (nSPS) is 19.8. The van der Waals surface area contributed by atoms with Gasteiger partial charge in [-0.3, -0.25) is 9.59 Å². The number of aromatic nitrogens is 2. The molecule has 2 aliphatic heterocycles. The summed E-state index contributed by atoms with van der Waals surface area (Å²) in [5.41, 5.74) is 1.88. The van der Waals surface area contributed by atoms with E-state index in [1.54, 1.807) is 43.5 Å². The summed E-state index contributed by atoms with van der Waals surface area (Å²) in [7, 11) is 3.33. The molecule has 0 spiro atoms. The fourth-order valence-corrected chi connectivity index (χ4v) is 4.85. The first-order valence-corrected chi connectivity index (χ1v) is 13.1. The minimum Gasteiger partial charge on any atom is -0.495 e. The van der Waals surface area contributed by atoms with Crippen molar-refractivity contribution in [2.24, 2.45) is 5.92 Å². The number of rotatable bonds is 9. The molecule has 0 bridgehead atoms. The summed E-state index contributed by atoms with van der Waals surface area (Å²) < 4.78 is 5.59. The molecule has 3 heterocycles. The molecule has 0 radical (unpaired) electrons. The number of carbonyl (C=O) groups excluding carboxylic acids is 2. The van der Waals surface area contributed by atoms with Gasteiger partial charge in [-0.15, -0.1) is 0 Å². The predicted octanol–water partition coefficient (Wildman–Crippen LogP) is 3.27. The molecule has 1 fully saturated rings. The van der Waals surface area contributed by atoms with Crippen LogP contribution in [0.5, 0.6) is 5.75 Å². The van der Waals surface area contributed by atoms with Crippen molar-refractivity contribution in [3.63, 3.8) is 0 Å². The van der Waals surface area contributed by atoms with E-state index in [0.29, 0.717) is 34.6 Å². The molecule has 2 aliphatic rings. The molecule has 0 saturated carbocycles. The fraction of sp³-hybridized carbons (Fsp3) is 0.556. The van der Waals surface area contributed by atoms with Crippen LogP contribution in [-0.4, -0.2) is 79.1 Å². The highest BCUT2D eigenvalue weighted by atomic mass is 16.5. The number of nitrogens with one attached hydrogen (secondary N) is 2. The lowest BCUT2D eigenvalue weighted by Gasteiger charge is -2.39. The Balaban J connectivity index is 1.53. The van der Waals surface area contributed by atoms with Gasteiger partial charge in [-0.1, -0.05) is 20.8 Å². The van der Waals surface area contributed by atoms with Gasteiger partial charge < -0.3 is 30.1 Å². The maximum absolute atomic E-state index is 12.9. The van der Waals surface area contributed by atoms with E-state index in [0.717, 1.165) is 44.8 Å². The van der Waals surface area contributed by atoms with E-state index in [-0.39, 0.29) is 23.9 Å². The molecule has 37 heavy (non-hydrogen) atoms. The molecule has 1 aromatic heterocycles. The number of hydrogen-bond donors (Lipinski definition) is 2. The molecule has 10 nitrogen and oxygen atoms in total. The minimum absolute atomic E-state index is 0.0242. The van der Waals surface area contributed by atoms with E-state index in [9.17, 15) is 9.59 Å². The Kier molecular flexibility index (Phi) is 8.16. The summed E-state index contributed by atoms with van der Waals surface area (Å²) in [4.78, 5) is 40.9. The summed E-state index contributed by atoms with van der Waals surface area (Å²) in [5, 5.41) is 6.37. The van der Waals surface area contributed by atoms with Crippen molar-refractivity contribution in [2.75, 3.05) is 55.5 Å². The number of likely N-dealkylation sites (tertiary alicyclic amines) is 1. The number of ether oxygens (including phenoxy) is 1. The first-order valence-electron chi connectivity index (χ1n) is 13.1. The number of fused-ring (bicyclic) bond motifs is 1. The summed E-state index contributed by atoms with van der Waals surface area (Å²) in [6, 6.07) is 5.15. The first kappa shape index (κ1) is 26.7. The van der Waals surface area contributed by atoms with Gasteiger partial charge in [0.1, 0.15) is 17.5 Å². The summed E-state index contributed by atoms with van der Waals surface area (Å²) in [5.74, 6) is 2.05. The number of methoxy groups -OCH3 is 1. The molecule has 1 aromatic carbocycles. The van der Waals surface area contributed by atoms with Gasteiger partial charge in [0, 0.05) is 38.3 Å². The quantitative estimate of drug-likeness (QED) is 0.531. The van der Waals surface area contributed by atoms with Crippen LogP contribution in [0.2, 0.25) is 0 Å². The average molecular weight is 510 g/mol. The van der Waals surface area contributed by atoms with Crippen molar-refractivity contribution >= 4 is 35.0 Å². The molecule has 2 aromatic rings. The zero-order valence-corrected chi connectivity index (χ0v) is 22.7. The van der Waals surface area contributed by atoms with Crippen LogP contribution in [0.3, 0.4) is 0 Å². The second-order valence-corrected chi connectivity index (χ2v) is 10.2. The second-order valence-electron chi connectivity index (χ2n) is 10.2. The van der Waals surface area contributed by atoms with Gasteiger partial charge in [-0.2, -0.15) is 4.98 Å². The van der Waals surface area contributed by atoms with Crippen LogP contribution >= 0.6 is 0 Å². The van der Waals surface area contributed by atoms with Gasteiger partial charge in [0.05, 0.1) is 19.0 Å². The number of likely N-dealkylation sites (N-methyl/N-ethyl adjacent to an activating group) is 2. The Morgan fingerprint density at radius 1 is 1.30 bits per heavy atom. The molecule has 2 amide bonds. The van der Waals surface area contributed by atoms with E-state index in [4.69, 9.17) is 9.72 Å². The maximum Gasteiger partial charge on any atom is 0.251 e. The highest BCUT2D eigenvalue weighted by Crippen LogP contribution is 2.35. The number of carbonyl (C=O) groups is 2. The molecule has 1 saturated heterocycles. The number of benzene rings is 1. The van der Waals surface area contributed by atoms with E-state index in [2.05, 4.69) is 46.2 Å². The molecule has 0 aliphatic carbocycles. The largest absolute Gasteiger partial charge is 0.495 e. The number of hydrogen-bond acceptors (Lipinski definition) is 8. The van der Waals surface area contributed by atoms with Crippen LogP contribution in [-0.2, 0) is 4.79 Å². The average Bonchev–Trinajstić information content (AvgIpc) is 3.34. The lowest BCUT2D eigenvalue weighted by Crippen LogP contribution is -2.51. The van der Waals surface area contributed by atoms with Crippen LogP contribution in [0.1, 0.15) is 50.9 Å². The van der Waals surface area contributed by atoms with Gasteiger partial charge >= 0.3 is 0 Å². The molecular formula is C27H39N7O3. The van der Waals surface area contributed by atoms with Gasteiger partial charge in [0.15, 0.2) is 5.82 Å². The minimum atomic E-state index is -0.310. The Bertz CT molecular complexity index is 1140. The van der Waals surface area contributed by atoms with E-state index >= 15 is 0 Å². The smallest absolute Gasteiger partial charge is 0.251 e. The molecule has 10 heteroatoms. The third kappa shape index (κ3) is 5.79. The van der Waals surface area contributed by atoms with Crippen molar-refractivity contribution in [1.82, 2.24) is 20.2 Å². The molecular weight excluding hydrogens is 470 g/mol. The van der Waals surface area contributed by atoms with Crippen LogP contribution in [0, 0.1) is 5.92 Å². The third-order valence-electron chi connectivity index (χ3n) is 7.25. The van der Waals surface area contributed by atoms with E-state index in [1.807, 2.05) is 6.92 Å². The van der Waals surface area contributed by atoms with Crippen molar-refractivity contribution in [3.05, 3.63) is 30.0 Å². The zero-order valence-electron chi connectivity index (χ0n) is 22.7. The molecule has 2 N–H and O–H groups in total. The highest BCUT2D eigenvalue weighted by molar-refractivity contribution is 6.04. The highest BCUT2D eigenvalue weighted by Gasteiger charge is 2.35. The van der Waals surface area contributed by atoms with Gasteiger partial charge in [-0.25, -0.2) is 4.98 Å². The lowest BCUT2D eigenvalue weighted by molar-refractivity contribution is -0.119. The summed E-state index contributed by atoms with van der Waals surface area (Å²) in [6.07, 6.45) is 3.58. The Hall–Kier alpha value is -3.40. The van der Waals surface area contributed by atoms with E-state index in [1.165, 1.54) is 0 Å². The van der Waals surface area contributed by atoms with Crippen LogP contribution in [0.4, 0.5) is 23.1 Å². The monoisotopic (exact) mass is 509 g/mol. The summed E-state index contributed by atoms with van der Waals surface area (Å²) in [6.45, 7) is 12.0. The van der Waals surface area contributed by atoms with E-state index < -0.39 is 0 Å². The Morgan fingerprint density at radius 2 is 2.08 bits per heavy atom. The van der Waals surface area contributed by atoms with Crippen LogP contribution in [0.15, 0.2) is 24.4 Å². The van der Waals surface area contributed by atoms with Crippen LogP contribution < -0.4 is 25.2 Å². The Morgan fingerprint density at radius 3 is 2.76 bits per heavy atom.